The molecule has 0 spiro atoms. The van der Waals surface area contributed by atoms with Crippen LogP contribution in [0.3, 0.4) is 0 Å². The van der Waals surface area contributed by atoms with Crippen molar-refractivity contribution in [2.24, 2.45) is 6.98 Å². The third-order valence-electron chi connectivity index (χ3n) is 3.94. The van der Waals surface area contributed by atoms with E-state index >= 15 is 0 Å². The molecule has 4 aromatic heterocycles. The molecule has 0 aliphatic carbocycles. The van der Waals surface area contributed by atoms with Gasteiger partial charge in [-0.2, -0.15) is 0 Å². The third kappa shape index (κ3) is 1.02. The summed E-state index contributed by atoms with van der Waals surface area (Å²) in [4.78, 5) is 8.52. The van der Waals surface area contributed by atoms with Crippen molar-refractivity contribution >= 4 is 16.6 Å². The minimum atomic E-state index is -2.28. The van der Waals surface area contributed by atoms with Gasteiger partial charge in [0.2, 0.25) is 5.52 Å². The lowest BCUT2D eigenvalue weighted by atomic mass is 10.2. The Kier molecular flexibility index (Phi) is 1.27. The number of pyridine rings is 1. The van der Waals surface area contributed by atoms with Crippen LogP contribution in [0.1, 0.15) is 9.68 Å². The van der Waals surface area contributed by atoms with Gasteiger partial charge in [-0.05, 0) is 12.1 Å². The van der Waals surface area contributed by atoms with Crippen LogP contribution in [0.4, 0.5) is 0 Å². The number of aryl methyl sites for hydroxylation is 1. The van der Waals surface area contributed by atoms with Crippen LogP contribution in [0.2, 0.25) is 0 Å². The Bertz CT molecular complexity index is 1090. The molecule has 1 aliphatic heterocycles. The summed E-state index contributed by atoms with van der Waals surface area (Å²) < 4.78 is 29.3. The van der Waals surface area contributed by atoms with E-state index in [4.69, 9.17) is 4.11 Å². The predicted molar refractivity (Wildman–Crippen MR) is 74.2 cm³/mol. The Morgan fingerprint density at radius 1 is 1.30 bits per heavy atom. The Labute approximate surface area is 119 Å². The maximum absolute atomic E-state index is 7.99. The lowest BCUT2D eigenvalue weighted by Crippen LogP contribution is -2.31. The summed E-state index contributed by atoms with van der Waals surface area (Å²) in [6.07, 6.45) is 6.92. The van der Waals surface area contributed by atoms with Crippen molar-refractivity contribution in [1.82, 2.24) is 18.9 Å². The van der Waals surface area contributed by atoms with Gasteiger partial charge in [0.15, 0.2) is 11.2 Å². The van der Waals surface area contributed by atoms with E-state index in [9.17, 15) is 0 Å². The van der Waals surface area contributed by atoms with Crippen LogP contribution in [-0.2, 0) is 13.5 Å². The van der Waals surface area contributed by atoms with Crippen LogP contribution in [-0.4, -0.2) is 18.9 Å². The van der Waals surface area contributed by atoms with Crippen LogP contribution in [0.15, 0.2) is 43.1 Å². The van der Waals surface area contributed by atoms with E-state index < -0.39 is 6.98 Å². The van der Waals surface area contributed by atoms with Crippen LogP contribution in [0.5, 0.6) is 0 Å². The highest BCUT2D eigenvalue weighted by molar-refractivity contribution is 5.91. The number of imidazole rings is 1. The third-order valence-corrected chi connectivity index (χ3v) is 3.94. The minimum absolute atomic E-state index is 0.625. The Morgan fingerprint density at radius 3 is 3.25 bits per heavy atom. The Balaban J connectivity index is 2.01. The van der Waals surface area contributed by atoms with Crippen molar-refractivity contribution in [3.8, 4) is 11.5 Å². The molecule has 96 valence electrons. The lowest BCUT2D eigenvalue weighted by molar-refractivity contribution is -0.645. The molecule has 1 aliphatic rings. The van der Waals surface area contributed by atoms with Crippen molar-refractivity contribution in [2.45, 2.75) is 6.54 Å². The van der Waals surface area contributed by atoms with Gasteiger partial charge in [-0.1, -0.05) is 6.07 Å². The first kappa shape index (κ1) is 7.79. The average Bonchev–Trinajstić information content (AvgIpc) is 3.12. The molecule has 5 nitrogen and oxygen atoms in total. The monoisotopic (exact) mass is 265 g/mol. The van der Waals surface area contributed by atoms with Crippen LogP contribution >= 0.6 is 0 Å². The largest absolute Gasteiger partial charge is 0.309 e. The summed E-state index contributed by atoms with van der Waals surface area (Å²) in [6, 6.07) is 5.77. The van der Waals surface area contributed by atoms with E-state index in [0.717, 1.165) is 22.3 Å². The Hall–Kier alpha value is -2.69. The highest BCUT2D eigenvalue weighted by atomic mass is 15.2. The first-order valence-electron chi connectivity index (χ1n) is 7.89. The molecule has 0 atom stereocenters. The maximum Gasteiger partial charge on any atom is 0.309 e. The number of rotatable bonds is 0. The minimum Gasteiger partial charge on any atom is -0.299 e. The smallest absolute Gasteiger partial charge is 0.299 e. The zero-order chi connectivity index (χ0) is 15.8. The summed E-state index contributed by atoms with van der Waals surface area (Å²) >= 11 is 0. The molecule has 5 heteroatoms. The molecule has 0 aromatic carbocycles. The molecule has 5 rings (SSSR count). The van der Waals surface area contributed by atoms with E-state index in [1.165, 1.54) is 4.57 Å². The number of fused-ring (bicyclic) bond motifs is 7. The fourth-order valence-corrected chi connectivity index (χ4v) is 3.11. The van der Waals surface area contributed by atoms with Crippen LogP contribution in [0, 0.1) is 0 Å². The van der Waals surface area contributed by atoms with Gasteiger partial charge in [-0.3, -0.25) is 4.40 Å². The van der Waals surface area contributed by atoms with Gasteiger partial charge in [0.05, 0.1) is 29.1 Å². The molecule has 0 bridgehead atoms. The normalized spacial score (nSPS) is 15.9. The second kappa shape index (κ2) is 3.25. The van der Waals surface area contributed by atoms with Gasteiger partial charge in [0.25, 0.3) is 0 Å². The highest BCUT2D eigenvalue weighted by Crippen LogP contribution is 2.30. The number of hydrogen-bond acceptors (Lipinski definition) is 2. The molecule has 0 amide bonds. The van der Waals surface area contributed by atoms with Crippen LogP contribution in [0.25, 0.3) is 28.1 Å². The predicted octanol–water partition coefficient (Wildman–Crippen LogP) is 1.54. The molecule has 0 unspecified atom stereocenters. The number of aromatic nitrogens is 5. The van der Waals surface area contributed by atoms with E-state index in [2.05, 4.69) is 9.97 Å². The SMILES string of the molecule is [2H]C([2H])([2H])n1c2[n+](c3c1cn1cnccc31)Cc1cccnc1-2. The first-order valence-corrected chi connectivity index (χ1v) is 6.39. The highest BCUT2D eigenvalue weighted by Gasteiger charge is 2.35. The maximum atomic E-state index is 7.99. The lowest BCUT2D eigenvalue weighted by Gasteiger charge is -1.94. The van der Waals surface area contributed by atoms with Gasteiger partial charge in [-0.15, -0.1) is 0 Å². The van der Waals surface area contributed by atoms with Gasteiger partial charge < -0.3 is 0 Å². The summed E-state index contributed by atoms with van der Waals surface area (Å²) in [5, 5.41) is 0. The molecule has 0 N–H and O–H groups in total. The van der Waals surface area contributed by atoms with Crippen LogP contribution < -0.4 is 4.57 Å². The molecule has 20 heavy (non-hydrogen) atoms. The summed E-state index contributed by atoms with van der Waals surface area (Å²) in [5.41, 5.74) is 4.29. The Morgan fingerprint density at radius 2 is 2.30 bits per heavy atom. The first-order chi connectivity index (χ1) is 11.1. The second-order valence-corrected chi connectivity index (χ2v) is 4.99. The van der Waals surface area contributed by atoms with Crippen molar-refractivity contribution in [3.63, 3.8) is 0 Å². The fraction of sp³-hybridized carbons (Fsp3) is 0.133. The van der Waals surface area contributed by atoms with Gasteiger partial charge in [0.1, 0.15) is 6.54 Å². The average molecular weight is 265 g/mol. The fourth-order valence-electron chi connectivity index (χ4n) is 3.11. The summed E-state index contributed by atoms with van der Waals surface area (Å²) in [5.74, 6) is 0.643. The topological polar surface area (TPSA) is 39.0 Å². The molecular weight excluding hydrogens is 250 g/mol. The van der Waals surface area contributed by atoms with Gasteiger partial charge in [0, 0.05) is 18.0 Å². The van der Waals surface area contributed by atoms with E-state index in [0.29, 0.717) is 17.9 Å². The molecule has 0 saturated carbocycles. The van der Waals surface area contributed by atoms with E-state index in [1.807, 2.05) is 33.4 Å². The molecule has 0 fully saturated rings. The van der Waals surface area contributed by atoms with Crippen molar-refractivity contribution in [1.29, 1.82) is 0 Å². The number of hydrogen-bond donors (Lipinski definition) is 0. The molecule has 5 heterocycles. The van der Waals surface area contributed by atoms with Gasteiger partial charge in [-0.25, -0.2) is 19.1 Å². The second-order valence-electron chi connectivity index (χ2n) is 4.99. The van der Waals surface area contributed by atoms with E-state index in [1.54, 1.807) is 18.7 Å². The summed E-state index contributed by atoms with van der Waals surface area (Å²) in [6.45, 7) is -1.66. The standard InChI is InChI=1S/C15H12N5/c1-18-12-8-19-9-16-6-4-11(19)14(12)20-7-10-3-2-5-17-13(10)15(18)20/h2-6,8-9H,7H2,1H3/q+1/i1D3. The van der Waals surface area contributed by atoms with E-state index in [-0.39, 0.29) is 0 Å². The van der Waals surface area contributed by atoms with Crippen molar-refractivity contribution in [2.75, 3.05) is 0 Å². The molecule has 0 saturated heterocycles. The van der Waals surface area contributed by atoms with Crippen molar-refractivity contribution < 1.29 is 8.68 Å². The zero-order valence-electron chi connectivity index (χ0n) is 13.5. The zero-order valence-corrected chi connectivity index (χ0v) is 10.5. The molecular formula is C15H12N5+. The summed E-state index contributed by atoms with van der Waals surface area (Å²) in [7, 11) is 0. The number of nitrogens with zero attached hydrogens (tertiary/aromatic N) is 5. The molecule has 4 aromatic rings. The van der Waals surface area contributed by atoms with Crippen molar-refractivity contribution in [3.05, 3.63) is 48.7 Å². The molecule has 0 radical (unpaired) electrons. The van der Waals surface area contributed by atoms with Gasteiger partial charge >= 0.3 is 5.82 Å². The quantitative estimate of drug-likeness (QED) is 0.398.